The third-order valence-corrected chi connectivity index (χ3v) is 4.64. The molecule has 1 N–H and O–H groups in total. The summed E-state index contributed by atoms with van der Waals surface area (Å²) >= 11 is 0. The van der Waals surface area contributed by atoms with Gasteiger partial charge in [-0.05, 0) is 62.1 Å². The van der Waals surface area contributed by atoms with Crippen LogP contribution in [0.1, 0.15) is 56.3 Å². The Morgan fingerprint density at radius 2 is 2.10 bits per heavy atom. The zero-order chi connectivity index (χ0) is 13.8. The highest BCUT2D eigenvalue weighted by molar-refractivity contribution is 5.31. The summed E-state index contributed by atoms with van der Waals surface area (Å²) < 4.78 is 6.31. The molecule has 2 unspecified atom stereocenters. The van der Waals surface area contributed by atoms with Crippen LogP contribution in [0.3, 0.4) is 0 Å². The van der Waals surface area contributed by atoms with E-state index in [-0.39, 0.29) is 0 Å². The summed E-state index contributed by atoms with van der Waals surface area (Å²) in [5.41, 5.74) is 2.93. The molecule has 2 heteroatoms. The third kappa shape index (κ3) is 3.42. The summed E-state index contributed by atoms with van der Waals surface area (Å²) in [5.74, 6) is 0.861. The molecule has 0 heterocycles. The maximum atomic E-state index is 6.31. The number of ether oxygens (including phenoxy) is 1. The first kappa shape index (κ1) is 14.1. The molecule has 1 aromatic carbocycles. The van der Waals surface area contributed by atoms with Crippen molar-refractivity contribution in [3.8, 4) is 0 Å². The lowest BCUT2D eigenvalue weighted by Crippen LogP contribution is -2.36. The van der Waals surface area contributed by atoms with Crippen LogP contribution in [0.2, 0.25) is 0 Å². The molecule has 1 saturated carbocycles. The Bertz CT molecular complexity index is 427. The number of hydrogen-bond donors (Lipinski definition) is 1. The van der Waals surface area contributed by atoms with Crippen LogP contribution < -0.4 is 5.32 Å². The van der Waals surface area contributed by atoms with E-state index in [1.165, 1.54) is 49.7 Å². The maximum Gasteiger partial charge on any atom is 0.0828 e. The number of hydrogen-bond acceptors (Lipinski definition) is 2. The lowest BCUT2D eigenvalue weighted by atomic mass is 9.89. The average Bonchev–Trinajstić information content (AvgIpc) is 3.32. The predicted octanol–water partition coefficient (Wildman–Crippen LogP) is 3.86. The van der Waals surface area contributed by atoms with E-state index in [0.717, 1.165) is 19.1 Å². The van der Waals surface area contributed by atoms with Gasteiger partial charge < -0.3 is 10.1 Å². The Kier molecular flexibility index (Phi) is 4.74. The number of aryl methyl sites for hydroxylation is 1. The van der Waals surface area contributed by atoms with Crippen LogP contribution in [0.5, 0.6) is 0 Å². The smallest absolute Gasteiger partial charge is 0.0828 e. The van der Waals surface area contributed by atoms with Crippen molar-refractivity contribution in [3.05, 3.63) is 35.4 Å². The van der Waals surface area contributed by atoms with E-state index in [4.69, 9.17) is 4.74 Å². The predicted molar refractivity (Wildman–Crippen MR) is 82.9 cm³/mol. The molecule has 1 aromatic rings. The Balaban J connectivity index is 1.57. The highest BCUT2D eigenvalue weighted by atomic mass is 16.5. The Hall–Kier alpha value is -0.860. The summed E-state index contributed by atoms with van der Waals surface area (Å²) in [7, 11) is 0. The van der Waals surface area contributed by atoms with Crippen LogP contribution in [0, 0.1) is 5.92 Å². The van der Waals surface area contributed by atoms with Crippen molar-refractivity contribution >= 4 is 0 Å². The lowest BCUT2D eigenvalue weighted by molar-refractivity contribution is 0.0231. The van der Waals surface area contributed by atoms with Gasteiger partial charge in [0.05, 0.1) is 12.7 Å². The molecule has 3 rings (SSSR count). The fourth-order valence-electron chi connectivity index (χ4n) is 3.29. The van der Waals surface area contributed by atoms with E-state index in [1.807, 2.05) is 0 Å². The molecule has 2 nitrogen and oxygen atoms in total. The molecule has 2 aliphatic carbocycles. The Labute approximate surface area is 122 Å². The van der Waals surface area contributed by atoms with Crippen molar-refractivity contribution in [1.29, 1.82) is 0 Å². The molecule has 0 radical (unpaired) electrons. The topological polar surface area (TPSA) is 21.3 Å². The molecule has 110 valence electrons. The van der Waals surface area contributed by atoms with Crippen molar-refractivity contribution in [2.45, 2.75) is 57.6 Å². The van der Waals surface area contributed by atoms with Gasteiger partial charge >= 0.3 is 0 Å². The second kappa shape index (κ2) is 6.73. The molecule has 1 fully saturated rings. The first-order valence-corrected chi connectivity index (χ1v) is 8.31. The second-order valence-corrected chi connectivity index (χ2v) is 6.31. The summed E-state index contributed by atoms with van der Waals surface area (Å²) in [6, 6.07) is 9.39. The summed E-state index contributed by atoms with van der Waals surface area (Å²) in [5, 5.41) is 3.67. The monoisotopic (exact) mass is 273 g/mol. The Morgan fingerprint density at radius 3 is 2.90 bits per heavy atom. The van der Waals surface area contributed by atoms with Gasteiger partial charge in [-0.2, -0.15) is 0 Å². The fraction of sp³-hybridized carbons (Fsp3) is 0.667. The number of nitrogens with one attached hydrogen (secondary N) is 1. The normalized spacial score (nSPS) is 23.4. The van der Waals surface area contributed by atoms with E-state index in [1.54, 1.807) is 0 Å². The van der Waals surface area contributed by atoms with E-state index >= 15 is 0 Å². The maximum absolute atomic E-state index is 6.31. The minimum absolute atomic E-state index is 0.324. The lowest BCUT2D eigenvalue weighted by Gasteiger charge is -2.28. The van der Waals surface area contributed by atoms with Crippen molar-refractivity contribution in [1.82, 2.24) is 5.32 Å². The quantitative estimate of drug-likeness (QED) is 0.814. The van der Waals surface area contributed by atoms with Crippen molar-refractivity contribution in [3.63, 3.8) is 0 Å². The first-order valence-electron chi connectivity index (χ1n) is 8.31. The number of benzene rings is 1. The minimum Gasteiger partial charge on any atom is -0.372 e. The second-order valence-electron chi connectivity index (χ2n) is 6.31. The van der Waals surface area contributed by atoms with Gasteiger partial charge in [0.2, 0.25) is 0 Å². The summed E-state index contributed by atoms with van der Waals surface area (Å²) in [6.45, 7) is 4.23. The average molecular weight is 273 g/mol. The molecule has 0 aromatic heterocycles. The Morgan fingerprint density at radius 1 is 1.25 bits per heavy atom. The van der Waals surface area contributed by atoms with Gasteiger partial charge in [0.15, 0.2) is 0 Å². The molecule has 20 heavy (non-hydrogen) atoms. The van der Waals surface area contributed by atoms with Crippen LogP contribution in [0.4, 0.5) is 0 Å². The minimum atomic E-state index is 0.324. The molecule has 0 amide bonds. The molecule has 0 aliphatic heterocycles. The van der Waals surface area contributed by atoms with Crippen molar-refractivity contribution < 1.29 is 4.74 Å². The van der Waals surface area contributed by atoms with Crippen LogP contribution in [-0.4, -0.2) is 19.2 Å². The van der Waals surface area contributed by atoms with Crippen LogP contribution in [-0.2, 0) is 11.2 Å². The SMILES string of the molecule is CCCNC(COC1CCCc2ccccc21)C1CC1. The molecular weight excluding hydrogens is 246 g/mol. The van der Waals surface area contributed by atoms with Crippen molar-refractivity contribution in [2.24, 2.45) is 5.92 Å². The van der Waals surface area contributed by atoms with E-state index in [0.29, 0.717) is 12.1 Å². The summed E-state index contributed by atoms with van der Waals surface area (Å²) in [6.07, 6.45) is 7.95. The highest BCUT2D eigenvalue weighted by Crippen LogP contribution is 2.36. The molecule has 2 atom stereocenters. The number of fused-ring (bicyclic) bond motifs is 1. The largest absolute Gasteiger partial charge is 0.372 e. The fourth-order valence-corrected chi connectivity index (χ4v) is 3.29. The first-order chi connectivity index (χ1) is 9.88. The highest BCUT2D eigenvalue weighted by Gasteiger charge is 2.32. The molecule has 0 saturated heterocycles. The standard InChI is InChI=1S/C18H27NO/c1-2-12-19-17(15-10-11-15)13-20-18-9-5-7-14-6-3-4-8-16(14)18/h3-4,6,8,15,17-19H,2,5,7,9-13H2,1H3. The van der Waals surface area contributed by atoms with Gasteiger partial charge in [0, 0.05) is 6.04 Å². The zero-order valence-electron chi connectivity index (χ0n) is 12.6. The van der Waals surface area contributed by atoms with Gasteiger partial charge in [-0.1, -0.05) is 31.2 Å². The van der Waals surface area contributed by atoms with E-state index in [9.17, 15) is 0 Å². The third-order valence-electron chi connectivity index (χ3n) is 4.64. The molecule has 2 aliphatic rings. The molecular formula is C18H27NO. The van der Waals surface area contributed by atoms with Gasteiger partial charge in [0.25, 0.3) is 0 Å². The van der Waals surface area contributed by atoms with E-state index < -0.39 is 0 Å². The summed E-state index contributed by atoms with van der Waals surface area (Å²) in [4.78, 5) is 0. The zero-order valence-corrected chi connectivity index (χ0v) is 12.6. The number of rotatable bonds is 7. The molecule has 0 spiro atoms. The van der Waals surface area contributed by atoms with Crippen molar-refractivity contribution in [2.75, 3.05) is 13.2 Å². The molecule has 0 bridgehead atoms. The van der Waals surface area contributed by atoms with Gasteiger partial charge in [-0.25, -0.2) is 0 Å². The van der Waals surface area contributed by atoms with Gasteiger partial charge in [0.1, 0.15) is 0 Å². The van der Waals surface area contributed by atoms with Gasteiger partial charge in [-0.15, -0.1) is 0 Å². The van der Waals surface area contributed by atoms with Crippen LogP contribution in [0.25, 0.3) is 0 Å². The van der Waals surface area contributed by atoms with Crippen LogP contribution >= 0.6 is 0 Å². The van der Waals surface area contributed by atoms with Gasteiger partial charge in [-0.3, -0.25) is 0 Å². The van der Waals surface area contributed by atoms with Crippen LogP contribution in [0.15, 0.2) is 24.3 Å². The van der Waals surface area contributed by atoms with E-state index in [2.05, 4.69) is 36.5 Å².